The Morgan fingerprint density at radius 3 is 2.81 bits per heavy atom. The second-order valence-electron chi connectivity index (χ2n) is 7.46. The van der Waals surface area contributed by atoms with E-state index in [1.165, 1.54) is 0 Å². The summed E-state index contributed by atoms with van der Waals surface area (Å²) in [4.78, 5) is 15.8. The highest BCUT2D eigenvalue weighted by atomic mass is 16.5. The molecule has 5 heteroatoms. The van der Waals surface area contributed by atoms with Gasteiger partial charge >= 0.3 is 0 Å². The minimum Gasteiger partial charge on any atom is -0.487 e. The number of aromatic nitrogens is 1. The third-order valence-electron chi connectivity index (χ3n) is 4.85. The van der Waals surface area contributed by atoms with Gasteiger partial charge in [0.1, 0.15) is 12.4 Å². The fraction of sp³-hybridized carbons (Fsp3) is 0.455. The van der Waals surface area contributed by atoms with Crippen molar-refractivity contribution >= 4 is 5.91 Å². The summed E-state index contributed by atoms with van der Waals surface area (Å²) in [5.41, 5.74) is 1.97. The van der Waals surface area contributed by atoms with Gasteiger partial charge in [-0.05, 0) is 48.6 Å². The van der Waals surface area contributed by atoms with Gasteiger partial charge in [-0.25, -0.2) is 0 Å². The zero-order chi connectivity index (χ0) is 19.2. The number of carbonyl (C=O) groups excluding carboxylic acids is 1. The van der Waals surface area contributed by atoms with Crippen molar-refractivity contribution in [2.24, 2.45) is 5.92 Å². The van der Waals surface area contributed by atoms with Gasteiger partial charge in [-0.15, -0.1) is 0 Å². The van der Waals surface area contributed by atoms with Crippen LogP contribution in [0.4, 0.5) is 0 Å². The molecule has 1 aliphatic heterocycles. The molecule has 1 amide bonds. The van der Waals surface area contributed by atoms with E-state index in [0.717, 1.165) is 29.8 Å². The zero-order valence-corrected chi connectivity index (χ0v) is 16.2. The average molecular weight is 368 g/mol. The maximum absolute atomic E-state index is 11.5. The van der Waals surface area contributed by atoms with Crippen molar-refractivity contribution in [2.75, 3.05) is 0 Å². The summed E-state index contributed by atoms with van der Waals surface area (Å²) in [5, 5.41) is 3.07. The van der Waals surface area contributed by atoms with E-state index >= 15 is 0 Å². The van der Waals surface area contributed by atoms with Gasteiger partial charge in [-0.1, -0.05) is 32.0 Å². The molecule has 1 saturated heterocycles. The van der Waals surface area contributed by atoms with Crippen molar-refractivity contribution in [3.8, 4) is 5.75 Å². The highest BCUT2D eigenvalue weighted by Crippen LogP contribution is 2.35. The number of ether oxygens (including phenoxy) is 2. The Kier molecular flexibility index (Phi) is 6.45. The smallest absolute Gasteiger partial charge is 0.217 e. The number of benzene rings is 1. The van der Waals surface area contributed by atoms with E-state index in [0.29, 0.717) is 12.5 Å². The topological polar surface area (TPSA) is 60.5 Å². The largest absolute Gasteiger partial charge is 0.487 e. The molecule has 144 valence electrons. The Morgan fingerprint density at radius 1 is 1.26 bits per heavy atom. The number of nitrogens with zero attached hydrogens (tertiary/aromatic N) is 1. The van der Waals surface area contributed by atoms with Crippen LogP contribution in [0.15, 0.2) is 48.7 Å². The summed E-state index contributed by atoms with van der Waals surface area (Å²) in [7, 11) is 0. The minimum absolute atomic E-state index is 0.00982. The summed E-state index contributed by atoms with van der Waals surface area (Å²) in [6.07, 6.45) is 3.45. The number of pyridine rings is 1. The molecule has 0 aliphatic carbocycles. The van der Waals surface area contributed by atoms with Crippen molar-refractivity contribution in [1.82, 2.24) is 10.3 Å². The lowest BCUT2D eigenvalue weighted by molar-refractivity contribution is -0.123. The number of hydrogen-bond donors (Lipinski definition) is 1. The Morgan fingerprint density at radius 2 is 2.11 bits per heavy atom. The van der Waals surface area contributed by atoms with Crippen LogP contribution in [0, 0.1) is 5.92 Å². The molecule has 0 saturated carbocycles. The molecule has 5 nitrogen and oxygen atoms in total. The van der Waals surface area contributed by atoms with Gasteiger partial charge < -0.3 is 14.8 Å². The Hall–Kier alpha value is -2.40. The number of carbonyl (C=O) groups is 1. The molecule has 2 aromatic rings. The van der Waals surface area contributed by atoms with Crippen molar-refractivity contribution in [1.29, 1.82) is 0 Å². The van der Waals surface area contributed by atoms with Crippen LogP contribution in [0.3, 0.4) is 0 Å². The highest BCUT2D eigenvalue weighted by Gasteiger charge is 2.32. The van der Waals surface area contributed by atoms with Crippen molar-refractivity contribution in [3.63, 3.8) is 0 Å². The lowest BCUT2D eigenvalue weighted by Crippen LogP contribution is -2.43. The van der Waals surface area contributed by atoms with Crippen LogP contribution in [-0.2, 0) is 16.1 Å². The predicted octanol–water partition coefficient (Wildman–Crippen LogP) is 4.04. The van der Waals surface area contributed by atoms with Crippen molar-refractivity contribution in [3.05, 3.63) is 59.9 Å². The quantitative estimate of drug-likeness (QED) is 0.836. The standard InChI is InChI=1S/C22H28N2O3/c1-15(2)21-12-19(24-16(3)25)13-22(27-21)17-7-6-9-20(11-17)26-14-18-8-4-5-10-23-18/h4-11,15,19,21-22H,12-14H2,1-3H3,(H,24,25)/t19-,21-,22+/m1/s1. The number of hydrogen-bond acceptors (Lipinski definition) is 4. The Balaban J connectivity index is 1.70. The molecular weight excluding hydrogens is 340 g/mol. The molecule has 0 spiro atoms. The van der Waals surface area contributed by atoms with Crippen LogP contribution >= 0.6 is 0 Å². The molecule has 3 rings (SSSR count). The maximum atomic E-state index is 11.5. The van der Waals surface area contributed by atoms with Crippen molar-refractivity contribution in [2.45, 2.75) is 58.5 Å². The molecule has 3 atom stereocenters. The normalized spacial score (nSPS) is 22.4. The molecule has 1 N–H and O–H groups in total. The van der Waals surface area contributed by atoms with Crippen LogP contribution in [0.1, 0.15) is 51.0 Å². The van der Waals surface area contributed by atoms with Gasteiger partial charge in [0.15, 0.2) is 0 Å². The summed E-state index contributed by atoms with van der Waals surface area (Å²) < 4.78 is 12.2. The first-order valence-corrected chi connectivity index (χ1v) is 9.56. The molecule has 2 heterocycles. The first-order valence-electron chi connectivity index (χ1n) is 9.56. The molecule has 27 heavy (non-hydrogen) atoms. The minimum atomic E-state index is -0.0543. The van der Waals surface area contributed by atoms with E-state index in [-0.39, 0.29) is 24.2 Å². The van der Waals surface area contributed by atoms with Crippen LogP contribution < -0.4 is 10.1 Å². The Labute approximate surface area is 161 Å². The van der Waals surface area contributed by atoms with Crippen LogP contribution in [0.2, 0.25) is 0 Å². The number of nitrogens with one attached hydrogen (secondary N) is 1. The van der Waals surface area contributed by atoms with Crippen molar-refractivity contribution < 1.29 is 14.3 Å². The van der Waals surface area contributed by atoms with Gasteiger partial charge in [0.2, 0.25) is 5.91 Å². The predicted molar refractivity (Wildman–Crippen MR) is 104 cm³/mol. The molecule has 1 aromatic carbocycles. The van der Waals surface area contributed by atoms with E-state index in [1.807, 2.05) is 36.4 Å². The fourth-order valence-corrected chi connectivity index (χ4v) is 3.45. The van der Waals surface area contributed by atoms with Gasteiger partial charge in [0.05, 0.1) is 17.9 Å². The van der Waals surface area contributed by atoms with Crippen LogP contribution in [0.5, 0.6) is 5.75 Å². The van der Waals surface area contributed by atoms with Gasteiger partial charge in [0.25, 0.3) is 0 Å². The SMILES string of the molecule is CC(=O)N[C@H]1C[C@@H](c2cccc(OCc3ccccn3)c2)O[C@@H](C(C)C)C1. The van der Waals surface area contributed by atoms with Gasteiger partial charge in [-0.3, -0.25) is 9.78 Å². The second-order valence-corrected chi connectivity index (χ2v) is 7.46. The molecule has 0 unspecified atom stereocenters. The van der Waals surface area contributed by atoms with E-state index in [2.05, 4.69) is 30.2 Å². The zero-order valence-electron chi connectivity index (χ0n) is 16.2. The lowest BCUT2D eigenvalue weighted by atomic mass is 9.90. The monoisotopic (exact) mass is 368 g/mol. The molecule has 0 radical (unpaired) electrons. The maximum Gasteiger partial charge on any atom is 0.217 e. The first kappa shape index (κ1) is 19.4. The van der Waals surface area contributed by atoms with E-state index in [1.54, 1.807) is 13.1 Å². The second kappa shape index (κ2) is 9.00. The summed E-state index contributed by atoms with van der Waals surface area (Å²) >= 11 is 0. The fourth-order valence-electron chi connectivity index (χ4n) is 3.45. The third-order valence-corrected chi connectivity index (χ3v) is 4.85. The Bertz CT molecular complexity index is 748. The lowest BCUT2D eigenvalue weighted by Gasteiger charge is -2.38. The molecular formula is C22H28N2O3. The average Bonchev–Trinajstić information content (AvgIpc) is 2.66. The molecule has 1 aromatic heterocycles. The summed E-state index contributed by atoms with van der Waals surface area (Å²) in [6, 6.07) is 13.9. The van der Waals surface area contributed by atoms with E-state index in [9.17, 15) is 4.79 Å². The van der Waals surface area contributed by atoms with Crippen LogP contribution in [0.25, 0.3) is 0 Å². The first-order chi connectivity index (χ1) is 13.0. The van der Waals surface area contributed by atoms with Crippen LogP contribution in [-0.4, -0.2) is 23.0 Å². The molecule has 1 aliphatic rings. The number of amides is 1. The number of rotatable bonds is 6. The summed E-state index contributed by atoms with van der Waals surface area (Å²) in [6.45, 7) is 6.31. The molecule has 1 fully saturated rings. The molecule has 0 bridgehead atoms. The third kappa shape index (κ3) is 5.54. The van der Waals surface area contributed by atoms with Gasteiger partial charge in [-0.2, -0.15) is 0 Å². The summed E-state index contributed by atoms with van der Waals surface area (Å²) in [5.74, 6) is 1.20. The van der Waals surface area contributed by atoms with E-state index < -0.39 is 0 Å². The highest BCUT2D eigenvalue weighted by molar-refractivity contribution is 5.73. The van der Waals surface area contributed by atoms with E-state index in [4.69, 9.17) is 9.47 Å². The van der Waals surface area contributed by atoms with Gasteiger partial charge in [0, 0.05) is 19.2 Å².